The SMILES string of the molecule is CC1=NN(c2ccccc2)C(=O)/C1=C\c1cn(-c2ccccc2)nc1-c1cccc(OCc2ccccc2F)c1. The number of aromatic nitrogens is 2. The molecule has 0 spiro atoms. The molecule has 4 aromatic carbocycles. The topological polar surface area (TPSA) is 59.7 Å². The molecule has 0 N–H and O–H groups in total. The molecule has 0 saturated heterocycles. The third-order valence-corrected chi connectivity index (χ3v) is 6.59. The van der Waals surface area contributed by atoms with Crippen molar-refractivity contribution >= 4 is 23.4 Å². The highest BCUT2D eigenvalue weighted by atomic mass is 19.1. The average Bonchev–Trinajstić information content (AvgIpc) is 3.54. The highest BCUT2D eigenvalue weighted by Gasteiger charge is 2.29. The summed E-state index contributed by atoms with van der Waals surface area (Å²) in [5.41, 5.74) is 5.40. The fraction of sp³-hybridized carbons (Fsp3) is 0.0606. The number of carbonyl (C=O) groups excluding carboxylic acids is 1. The number of anilines is 1. The number of halogens is 1. The summed E-state index contributed by atoms with van der Waals surface area (Å²) in [6.45, 7) is 1.93. The second-order valence-corrected chi connectivity index (χ2v) is 9.32. The van der Waals surface area contributed by atoms with Gasteiger partial charge in [0.05, 0.1) is 22.7 Å². The Kier molecular flexibility index (Phi) is 6.77. The highest BCUT2D eigenvalue weighted by molar-refractivity contribution is 6.32. The number of amides is 1. The minimum Gasteiger partial charge on any atom is -0.489 e. The molecule has 0 aliphatic carbocycles. The van der Waals surface area contributed by atoms with Gasteiger partial charge in [-0.05, 0) is 55.5 Å². The normalized spacial score (nSPS) is 14.1. The zero-order valence-electron chi connectivity index (χ0n) is 21.7. The summed E-state index contributed by atoms with van der Waals surface area (Å²) in [6, 6.07) is 33.2. The molecule has 0 saturated carbocycles. The number of nitrogens with zero attached hydrogens (tertiary/aromatic N) is 4. The Bertz CT molecular complexity index is 1740. The Balaban J connectivity index is 1.37. The van der Waals surface area contributed by atoms with Crippen molar-refractivity contribution in [2.75, 3.05) is 5.01 Å². The van der Waals surface area contributed by atoms with Gasteiger partial charge in [-0.2, -0.15) is 15.2 Å². The van der Waals surface area contributed by atoms with E-state index in [1.54, 1.807) is 22.9 Å². The fourth-order valence-corrected chi connectivity index (χ4v) is 4.52. The van der Waals surface area contributed by atoms with Gasteiger partial charge in [-0.3, -0.25) is 4.79 Å². The van der Waals surface area contributed by atoms with Crippen LogP contribution in [-0.2, 0) is 11.4 Å². The maximum atomic E-state index is 14.1. The zero-order valence-corrected chi connectivity index (χ0v) is 21.7. The molecule has 0 fully saturated rings. The minimum atomic E-state index is -0.308. The van der Waals surface area contributed by atoms with Gasteiger partial charge in [0, 0.05) is 22.9 Å². The molecule has 1 amide bonds. The highest BCUT2D eigenvalue weighted by Crippen LogP contribution is 2.31. The largest absolute Gasteiger partial charge is 0.489 e. The third kappa shape index (κ3) is 5.05. The first-order valence-corrected chi connectivity index (χ1v) is 12.9. The van der Waals surface area contributed by atoms with Gasteiger partial charge in [-0.15, -0.1) is 0 Å². The average molecular weight is 529 g/mol. The van der Waals surface area contributed by atoms with Crippen molar-refractivity contribution < 1.29 is 13.9 Å². The summed E-state index contributed by atoms with van der Waals surface area (Å²) in [4.78, 5) is 13.4. The summed E-state index contributed by atoms with van der Waals surface area (Å²) in [5, 5.41) is 10.8. The summed E-state index contributed by atoms with van der Waals surface area (Å²) >= 11 is 0. The Morgan fingerprint density at radius 2 is 1.55 bits per heavy atom. The standard InChI is InChI=1S/C33H25FN4O2/c1-23-30(33(39)38(35-23)28-15-6-3-7-16-28)20-26-21-37(27-13-4-2-5-14-27)36-32(26)24-12-10-17-29(19-24)40-22-25-11-8-9-18-31(25)34/h2-21H,22H2,1H3/b30-20-. The zero-order chi connectivity index (χ0) is 27.5. The second kappa shape index (κ2) is 10.8. The van der Waals surface area contributed by atoms with Crippen LogP contribution in [0.1, 0.15) is 18.1 Å². The first kappa shape index (κ1) is 25.0. The summed E-state index contributed by atoms with van der Waals surface area (Å²) in [7, 11) is 0. The Morgan fingerprint density at radius 3 is 2.30 bits per heavy atom. The van der Waals surface area contributed by atoms with Gasteiger partial charge in [0.1, 0.15) is 23.9 Å². The van der Waals surface area contributed by atoms with E-state index in [1.165, 1.54) is 11.1 Å². The Labute approximate surface area is 231 Å². The van der Waals surface area contributed by atoms with Gasteiger partial charge >= 0.3 is 0 Å². The minimum absolute atomic E-state index is 0.102. The van der Waals surface area contributed by atoms with Crippen LogP contribution >= 0.6 is 0 Å². The number of hydrogen-bond acceptors (Lipinski definition) is 4. The molecule has 40 heavy (non-hydrogen) atoms. The predicted octanol–water partition coefficient (Wildman–Crippen LogP) is 7.06. The maximum absolute atomic E-state index is 14.1. The van der Waals surface area contributed by atoms with Crippen molar-refractivity contribution in [2.24, 2.45) is 5.10 Å². The van der Waals surface area contributed by atoms with Crippen LogP contribution in [0.3, 0.4) is 0 Å². The van der Waals surface area contributed by atoms with E-state index in [4.69, 9.17) is 9.84 Å². The van der Waals surface area contributed by atoms with Gasteiger partial charge in [-0.1, -0.05) is 66.7 Å². The maximum Gasteiger partial charge on any atom is 0.280 e. The van der Waals surface area contributed by atoms with Crippen LogP contribution < -0.4 is 9.75 Å². The molecule has 6 nitrogen and oxygen atoms in total. The molecule has 1 aromatic heterocycles. The number of ether oxygens (including phenoxy) is 1. The van der Waals surface area contributed by atoms with Crippen LogP contribution in [0.15, 0.2) is 126 Å². The second-order valence-electron chi connectivity index (χ2n) is 9.32. The van der Waals surface area contributed by atoms with Crippen LogP contribution in [0.5, 0.6) is 5.75 Å². The van der Waals surface area contributed by atoms with Gasteiger partial charge in [0.2, 0.25) is 0 Å². The lowest BCUT2D eigenvalue weighted by Gasteiger charge is -2.11. The molecule has 7 heteroatoms. The Hall–Kier alpha value is -5.30. The lowest BCUT2D eigenvalue weighted by Crippen LogP contribution is -2.21. The molecule has 2 heterocycles. The number of carbonyl (C=O) groups is 1. The number of para-hydroxylation sites is 2. The van der Waals surface area contributed by atoms with Crippen molar-refractivity contribution in [3.63, 3.8) is 0 Å². The van der Waals surface area contributed by atoms with E-state index in [0.29, 0.717) is 34.0 Å². The van der Waals surface area contributed by atoms with E-state index < -0.39 is 0 Å². The van der Waals surface area contributed by atoms with Gasteiger partial charge < -0.3 is 4.74 Å². The molecule has 0 atom stereocenters. The molecule has 0 radical (unpaired) electrons. The first-order chi connectivity index (χ1) is 19.6. The van der Waals surface area contributed by atoms with E-state index >= 15 is 0 Å². The van der Waals surface area contributed by atoms with Crippen molar-refractivity contribution in [1.82, 2.24) is 9.78 Å². The van der Waals surface area contributed by atoms with E-state index in [2.05, 4.69) is 5.10 Å². The van der Waals surface area contributed by atoms with Crippen LogP contribution in [0.25, 0.3) is 23.0 Å². The van der Waals surface area contributed by atoms with Crippen molar-refractivity contribution in [3.05, 3.63) is 138 Å². The number of benzene rings is 4. The van der Waals surface area contributed by atoms with Gasteiger partial charge in [-0.25, -0.2) is 9.07 Å². The van der Waals surface area contributed by atoms with Crippen LogP contribution in [0, 0.1) is 5.82 Å². The monoisotopic (exact) mass is 528 g/mol. The quantitative estimate of drug-likeness (QED) is 0.213. The summed E-state index contributed by atoms with van der Waals surface area (Å²) in [5.74, 6) is 0.0691. The Morgan fingerprint density at radius 1 is 0.850 bits per heavy atom. The molecule has 5 aromatic rings. The molecular weight excluding hydrogens is 503 g/mol. The van der Waals surface area contributed by atoms with Gasteiger partial charge in [0.15, 0.2) is 0 Å². The van der Waals surface area contributed by atoms with E-state index in [-0.39, 0.29) is 18.3 Å². The molecule has 1 aliphatic heterocycles. The lowest BCUT2D eigenvalue weighted by atomic mass is 10.0. The summed E-state index contributed by atoms with van der Waals surface area (Å²) in [6.07, 6.45) is 3.73. The number of hydrazone groups is 1. The van der Waals surface area contributed by atoms with E-state index in [9.17, 15) is 9.18 Å². The molecular formula is C33H25FN4O2. The van der Waals surface area contributed by atoms with Gasteiger partial charge in [0.25, 0.3) is 5.91 Å². The number of hydrogen-bond donors (Lipinski definition) is 0. The molecule has 1 aliphatic rings. The summed E-state index contributed by atoms with van der Waals surface area (Å²) < 4.78 is 21.8. The molecule has 196 valence electrons. The third-order valence-electron chi connectivity index (χ3n) is 6.59. The van der Waals surface area contributed by atoms with Crippen molar-refractivity contribution in [1.29, 1.82) is 0 Å². The van der Waals surface area contributed by atoms with Crippen molar-refractivity contribution in [3.8, 4) is 22.7 Å². The molecule has 6 rings (SSSR count). The van der Waals surface area contributed by atoms with Crippen LogP contribution in [-0.4, -0.2) is 21.4 Å². The van der Waals surface area contributed by atoms with E-state index in [1.807, 2.05) is 104 Å². The van der Waals surface area contributed by atoms with Crippen LogP contribution in [0.2, 0.25) is 0 Å². The van der Waals surface area contributed by atoms with E-state index in [0.717, 1.165) is 16.8 Å². The molecule has 0 bridgehead atoms. The predicted molar refractivity (Wildman–Crippen MR) is 155 cm³/mol. The van der Waals surface area contributed by atoms with Crippen molar-refractivity contribution in [2.45, 2.75) is 13.5 Å². The molecule has 0 unspecified atom stereocenters. The first-order valence-electron chi connectivity index (χ1n) is 12.9. The number of rotatable bonds is 7. The lowest BCUT2D eigenvalue weighted by molar-refractivity contribution is -0.114. The van der Waals surface area contributed by atoms with Crippen LogP contribution in [0.4, 0.5) is 10.1 Å². The fourth-order valence-electron chi connectivity index (χ4n) is 4.52. The smallest absolute Gasteiger partial charge is 0.280 e.